The van der Waals surface area contributed by atoms with Crippen LogP contribution in [0.1, 0.15) is 28.8 Å². The molecule has 1 heterocycles. The molecule has 1 aromatic heterocycles. The number of fused-ring (bicyclic) bond motifs is 1. The number of nitrogens with zero attached hydrogens (tertiary/aromatic N) is 1. The first-order chi connectivity index (χ1) is 16.6. The Labute approximate surface area is 201 Å². The predicted molar refractivity (Wildman–Crippen MR) is 122 cm³/mol. The summed E-state index contributed by atoms with van der Waals surface area (Å²) in [6.45, 7) is -1.18. The maximum atomic E-state index is 12.4. The maximum absolute atomic E-state index is 12.4. The fourth-order valence-corrected chi connectivity index (χ4v) is 4.57. The number of halogens is 3. The van der Waals surface area contributed by atoms with E-state index in [0.29, 0.717) is 16.9 Å². The van der Waals surface area contributed by atoms with Crippen molar-refractivity contribution in [2.75, 3.05) is 13.2 Å². The molecule has 3 aromatic rings. The number of aliphatic carboxylic acids is 1. The van der Waals surface area contributed by atoms with E-state index >= 15 is 0 Å². The number of rotatable bonds is 11. The van der Waals surface area contributed by atoms with Crippen molar-refractivity contribution < 1.29 is 37.3 Å². The van der Waals surface area contributed by atoms with E-state index in [4.69, 9.17) is 9.84 Å². The third kappa shape index (κ3) is 6.49. The normalized spacial score (nSPS) is 14.7. The van der Waals surface area contributed by atoms with Crippen LogP contribution < -0.4 is 9.61 Å². The van der Waals surface area contributed by atoms with Gasteiger partial charge in [-0.15, -0.1) is 0 Å². The monoisotopic (exact) mass is 509 g/mol. The molecule has 11 heteroatoms. The molecular formula is C24H22F3NO6S. The predicted octanol–water partition coefficient (Wildman–Crippen LogP) is 4.31. The van der Waals surface area contributed by atoms with Gasteiger partial charge in [0.1, 0.15) is 19.0 Å². The van der Waals surface area contributed by atoms with Gasteiger partial charge in [-0.2, -0.15) is 13.2 Å². The third-order valence-electron chi connectivity index (χ3n) is 5.55. The molecule has 0 saturated heterocycles. The highest BCUT2D eigenvalue weighted by Gasteiger charge is 2.32. The van der Waals surface area contributed by atoms with Crippen molar-refractivity contribution in [1.29, 1.82) is 0 Å². The number of carboxylic acids is 1. The smallest absolute Gasteiger partial charge is 0.411 e. The second-order valence-corrected chi connectivity index (χ2v) is 9.28. The summed E-state index contributed by atoms with van der Waals surface area (Å²) in [5, 5.41) is 9.10. The number of hydrogen-bond acceptors (Lipinski definition) is 6. The first kappa shape index (κ1) is 24.9. The largest absolute Gasteiger partial charge is 0.492 e. The Morgan fingerprint density at radius 3 is 2.49 bits per heavy atom. The average molecular weight is 510 g/mol. The number of alkyl halides is 3. The third-order valence-corrected chi connectivity index (χ3v) is 6.49. The van der Waals surface area contributed by atoms with Crippen LogP contribution >= 0.6 is 11.3 Å². The lowest BCUT2D eigenvalue weighted by Gasteiger charge is -2.15. The minimum absolute atomic E-state index is 0.105. The molecule has 1 atom stereocenters. The van der Waals surface area contributed by atoms with Crippen LogP contribution in [-0.4, -0.2) is 46.9 Å². The molecule has 4 rings (SSSR count). The number of thiazole rings is 1. The van der Waals surface area contributed by atoms with Crippen LogP contribution in [0.25, 0.3) is 10.2 Å². The number of hydrogen-bond donors (Lipinski definition) is 1. The Hall–Kier alpha value is -3.18. The SMILES string of the molecule is O=C(c1ccc2c(c1)sc(=O)n2CCOc1ccc(C[C@@H](OCC(F)(F)F)C(=O)O)cc1)C1CC1. The van der Waals surface area contributed by atoms with Crippen molar-refractivity contribution in [2.24, 2.45) is 5.92 Å². The van der Waals surface area contributed by atoms with Gasteiger partial charge < -0.3 is 14.6 Å². The summed E-state index contributed by atoms with van der Waals surface area (Å²) in [4.78, 5) is 35.7. The number of ether oxygens (including phenoxy) is 2. The van der Waals surface area contributed by atoms with Gasteiger partial charge in [0.05, 0.1) is 16.8 Å². The molecule has 35 heavy (non-hydrogen) atoms. The number of carbonyl (C=O) groups is 2. The summed E-state index contributed by atoms with van der Waals surface area (Å²) >= 11 is 1.07. The molecule has 7 nitrogen and oxygen atoms in total. The fourth-order valence-electron chi connectivity index (χ4n) is 3.62. The van der Waals surface area contributed by atoms with E-state index in [0.717, 1.165) is 34.4 Å². The van der Waals surface area contributed by atoms with Crippen LogP contribution in [0.4, 0.5) is 13.2 Å². The maximum Gasteiger partial charge on any atom is 0.411 e. The van der Waals surface area contributed by atoms with Gasteiger partial charge in [0.15, 0.2) is 11.9 Å². The molecule has 1 aliphatic rings. The van der Waals surface area contributed by atoms with Gasteiger partial charge in [-0.05, 0) is 48.7 Å². The standard InChI is InChI=1S/C24H22F3NO6S/c25-24(26,27)13-34-19(22(30)31)11-14-1-6-17(7-2-14)33-10-9-28-18-8-5-16(21(29)15-3-4-15)12-20(18)35-23(28)32/h1-2,5-8,12,15,19H,3-4,9-11,13H2,(H,30,31)/t19-/m1/s1. The van der Waals surface area contributed by atoms with E-state index < -0.39 is 24.9 Å². The molecule has 0 bridgehead atoms. The van der Waals surface area contributed by atoms with Crippen LogP contribution in [0.15, 0.2) is 47.3 Å². The van der Waals surface area contributed by atoms with Crippen LogP contribution in [0.5, 0.6) is 5.75 Å². The van der Waals surface area contributed by atoms with Crippen molar-refractivity contribution >= 4 is 33.3 Å². The number of benzene rings is 2. The van der Waals surface area contributed by atoms with Crippen molar-refractivity contribution in [3.63, 3.8) is 0 Å². The Kier molecular flexibility index (Phi) is 7.27. The summed E-state index contributed by atoms with van der Waals surface area (Å²) in [5.41, 5.74) is 1.83. The summed E-state index contributed by atoms with van der Waals surface area (Å²) in [7, 11) is 0. The number of carboxylic acid groups (broad SMARTS) is 1. The highest BCUT2D eigenvalue weighted by atomic mass is 32.1. The molecular weight excluding hydrogens is 487 g/mol. The highest BCUT2D eigenvalue weighted by molar-refractivity contribution is 7.16. The van der Waals surface area contributed by atoms with Gasteiger partial charge >= 0.3 is 17.0 Å². The molecule has 0 radical (unpaired) electrons. The van der Waals surface area contributed by atoms with Gasteiger partial charge in [-0.3, -0.25) is 14.2 Å². The quantitative estimate of drug-likeness (QED) is 0.387. The van der Waals surface area contributed by atoms with E-state index in [1.54, 1.807) is 47.0 Å². The summed E-state index contributed by atoms with van der Waals surface area (Å²) in [6.07, 6.45) is -4.64. The highest BCUT2D eigenvalue weighted by Crippen LogP contribution is 2.33. The lowest BCUT2D eigenvalue weighted by molar-refractivity contribution is -0.192. The molecule has 1 N–H and O–H groups in total. The minimum Gasteiger partial charge on any atom is -0.492 e. The zero-order chi connectivity index (χ0) is 25.2. The summed E-state index contributed by atoms with van der Waals surface area (Å²) in [6, 6.07) is 11.5. The van der Waals surface area contributed by atoms with E-state index in [-0.39, 0.29) is 36.1 Å². The van der Waals surface area contributed by atoms with E-state index in [1.807, 2.05) is 0 Å². The van der Waals surface area contributed by atoms with Gasteiger partial charge in [0.2, 0.25) is 0 Å². The number of aromatic nitrogens is 1. The van der Waals surface area contributed by atoms with Crippen LogP contribution in [0.2, 0.25) is 0 Å². The van der Waals surface area contributed by atoms with Crippen molar-refractivity contribution in [3.05, 3.63) is 63.3 Å². The molecule has 1 saturated carbocycles. The lowest BCUT2D eigenvalue weighted by Crippen LogP contribution is -2.31. The Balaban J connectivity index is 1.34. The molecule has 1 aliphatic carbocycles. The minimum atomic E-state index is -4.61. The average Bonchev–Trinajstić information content (AvgIpc) is 3.60. The van der Waals surface area contributed by atoms with Crippen LogP contribution in [0.3, 0.4) is 0 Å². The first-order valence-corrected chi connectivity index (χ1v) is 11.7. The molecule has 1 fully saturated rings. The molecule has 0 spiro atoms. The topological polar surface area (TPSA) is 94.8 Å². The molecule has 0 amide bonds. The van der Waals surface area contributed by atoms with Gasteiger partial charge in [-0.1, -0.05) is 23.5 Å². The fraction of sp³-hybridized carbons (Fsp3) is 0.375. The number of carbonyl (C=O) groups excluding carboxylic acids is 1. The zero-order valence-corrected chi connectivity index (χ0v) is 19.2. The summed E-state index contributed by atoms with van der Waals surface area (Å²) < 4.78 is 49.4. The Bertz CT molecular complexity index is 1280. The molecule has 0 aliphatic heterocycles. The summed E-state index contributed by atoms with van der Waals surface area (Å²) in [5.74, 6) is -0.796. The van der Waals surface area contributed by atoms with Crippen molar-refractivity contribution in [3.8, 4) is 5.75 Å². The number of ketones is 1. The van der Waals surface area contributed by atoms with E-state index in [1.165, 1.54) is 0 Å². The second-order valence-electron chi connectivity index (χ2n) is 8.29. The second kappa shape index (κ2) is 10.2. The van der Waals surface area contributed by atoms with Crippen molar-refractivity contribution in [1.82, 2.24) is 4.57 Å². The molecule has 186 valence electrons. The van der Waals surface area contributed by atoms with Crippen molar-refractivity contribution in [2.45, 2.75) is 38.1 Å². The van der Waals surface area contributed by atoms with Crippen LogP contribution in [-0.2, 0) is 22.5 Å². The lowest BCUT2D eigenvalue weighted by atomic mass is 10.1. The number of Topliss-reactive ketones (excluding diaryl/α,β-unsaturated/α-hetero) is 1. The molecule has 2 aromatic carbocycles. The van der Waals surface area contributed by atoms with E-state index in [2.05, 4.69) is 4.74 Å². The zero-order valence-electron chi connectivity index (χ0n) is 18.4. The van der Waals surface area contributed by atoms with Gasteiger partial charge in [-0.25, -0.2) is 4.79 Å². The van der Waals surface area contributed by atoms with Gasteiger partial charge in [0.25, 0.3) is 0 Å². The molecule has 0 unspecified atom stereocenters. The Morgan fingerprint density at radius 2 is 1.86 bits per heavy atom. The van der Waals surface area contributed by atoms with Crippen LogP contribution in [0, 0.1) is 5.92 Å². The Morgan fingerprint density at radius 1 is 1.14 bits per heavy atom. The van der Waals surface area contributed by atoms with E-state index in [9.17, 15) is 27.6 Å². The van der Waals surface area contributed by atoms with Gasteiger partial charge in [0, 0.05) is 17.9 Å². The first-order valence-electron chi connectivity index (χ1n) is 10.9.